The molecule has 0 bridgehead atoms. The zero-order chi connectivity index (χ0) is 10.4. The van der Waals surface area contributed by atoms with E-state index in [1.165, 1.54) is 5.56 Å². The van der Waals surface area contributed by atoms with Crippen LogP contribution in [0.1, 0.15) is 12.5 Å². The maximum Gasteiger partial charge on any atom is 0.161 e. The van der Waals surface area contributed by atoms with Crippen LogP contribution >= 0.6 is 0 Å². The molecule has 0 heterocycles. The monoisotopic (exact) mass is 192 g/mol. The molecule has 76 valence electrons. The fourth-order valence-electron chi connectivity index (χ4n) is 1.28. The summed E-state index contributed by atoms with van der Waals surface area (Å²) in [6.07, 6.45) is 2.72. The molecule has 0 aliphatic heterocycles. The molecule has 0 atom stereocenters. The van der Waals surface area contributed by atoms with Crippen molar-refractivity contribution >= 4 is 0 Å². The molecule has 0 aliphatic rings. The van der Waals surface area contributed by atoms with E-state index in [-0.39, 0.29) is 0 Å². The van der Waals surface area contributed by atoms with Crippen molar-refractivity contribution in [1.29, 1.82) is 0 Å². The Bertz CT molecular complexity index is 305. The van der Waals surface area contributed by atoms with Gasteiger partial charge in [0.05, 0.1) is 13.7 Å². The molecule has 0 fully saturated rings. The van der Waals surface area contributed by atoms with Crippen LogP contribution in [0.15, 0.2) is 30.9 Å². The molecule has 1 aromatic rings. The number of hydrogen-bond donors (Lipinski definition) is 0. The number of rotatable bonds is 5. The Morgan fingerprint density at radius 2 is 2.14 bits per heavy atom. The van der Waals surface area contributed by atoms with Crippen molar-refractivity contribution in [1.82, 2.24) is 0 Å². The molecule has 0 radical (unpaired) electrons. The van der Waals surface area contributed by atoms with Gasteiger partial charge in [0, 0.05) is 0 Å². The summed E-state index contributed by atoms with van der Waals surface area (Å²) >= 11 is 0. The van der Waals surface area contributed by atoms with Gasteiger partial charge in [-0.1, -0.05) is 12.1 Å². The summed E-state index contributed by atoms with van der Waals surface area (Å²) in [5, 5.41) is 0. The van der Waals surface area contributed by atoms with Gasteiger partial charge in [-0.15, -0.1) is 6.58 Å². The summed E-state index contributed by atoms with van der Waals surface area (Å²) in [7, 11) is 1.65. The Morgan fingerprint density at radius 1 is 1.36 bits per heavy atom. The SMILES string of the molecule is C=CCc1ccc(OCC)c(OC)c1. The van der Waals surface area contributed by atoms with Crippen LogP contribution < -0.4 is 9.47 Å². The highest BCUT2D eigenvalue weighted by molar-refractivity contribution is 5.43. The van der Waals surface area contributed by atoms with Crippen molar-refractivity contribution in [2.75, 3.05) is 13.7 Å². The second-order valence-electron chi connectivity index (χ2n) is 2.91. The zero-order valence-corrected chi connectivity index (χ0v) is 8.75. The number of hydrogen-bond acceptors (Lipinski definition) is 2. The quantitative estimate of drug-likeness (QED) is 0.668. The van der Waals surface area contributed by atoms with Gasteiger partial charge < -0.3 is 9.47 Å². The molecule has 0 spiro atoms. The normalized spacial score (nSPS) is 9.57. The average molecular weight is 192 g/mol. The van der Waals surface area contributed by atoms with Crippen LogP contribution in [-0.4, -0.2) is 13.7 Å². The standard InChI is InChI=1S/C12H16O2/c1-4-6-10-7-8-11(14-5-2)12(9-10)13-3/h4,7-9H,1,5-6H2,2-3H3. The van der Waals surface area contributed by atoms with Gasteiger partial charge in [-0.05, 0) is 31.0 Å². The molecule has 0 saturated carbocycles. The van der Waals surface area contributed by atoms with E-state index in [1.54, 1.807) is 7.11 Å². The van der Waals surface area contributed by atoms with Gasteiger partial charge >= 0.3 is 0 Å². The van der Waals surface area contributed by atoms with Gasteiger partial charge in [-0.25, -0.2) is 0 Å². The molecular formula is C12H16O2. The number of benzene rings is 1. The lowest BCUT2D eigenvalue weighted by molar-refractivity contribution is 0.310. The fraction of sp³-hybridized carbons (Fsp3) is 0.333. The van der Waals surface area contributed by atoms with Gasteiger partial charge in [-0.2, -0.15) is 0 Å². The first-order valence-electron chi connectivity index (χ1n) is 4.72. The highest BCUT2D eigenvalue weighted by atomic mass is 16.5. The Hall–Kier alpha value is -1.44. The van der Waals surface area contributed by atoms with Crippen LogP contribution in [0.5, 0.6) is 11.5 Å². The number of allylic oxidation sites excluding steroid dienone is 1. The first kappa shape index (κ1) is 10.6. The van der Waals surface area contributed by atoms with E-state index >= 15 is 0 Å². The van der Waals surface area contributed by atoms with Gasteiger partial charge in [0.25, 0.3) is 0 Å². The van der Waals surface area contributed by atoms with Crippen LogP contribution in [0, 0.1) is 0 Å². The van der Waals surface area contributed by atoms with Crippen LogP contribution in [0.4, 0.5) is 0 Å². The summed E-state index contributed by atoms with van der Waals surface area (Å²) < 4.78 is 10.6. The summed E-state index contributed by atoms with van der Waals surface area (Å²) in [6.45, 7) is 6.30. The summed E-state index contributed by atoms with van der Waals surface area (Å²) in [5.41, 5.74) is 1.18. The highest BCUT2D eigenvalue weighted by Gasteiger charge is 2.03. The van der Waals surface area contributed by atoms with Gasteiger partial charge in [-0.3, -0.25) is 0 Å². The topological polar surface area (TPSA) is 18.5 Å². The minimum Gasteiger partial charge on any atom is -0.493 e. The van der Waals surface area contributed by atoms with E-state index in [1.807, 2.05) is 31.2 Å². The highest BCUT2D eigenvalue weighted by Crippen LogP contribution is 2.28. The fourth-order valence-corrected chi connectivity index (χ4v) is 1.28. The molecule has 1 aromatic carbocycles. The third-order valence-corrected chi connectivity index (χ3v) is 1.91. The zero-order valence-electron chi connectivity index (χ0n) is 8.75. The third kappa shape index (κ3) is 2.52. The molecule has 14 heavy (non-hydrogen) atoms. The summed E-state index contributed by atoms with van der Waals surface area (Å²) in [5.74, 6) is 1.58. The van der Waals surface area contributed by atoms with Crippen molar-refractivity contribution in [3.05, 3.63) is 36.4 Å². The Kier molecular flexibility index (Phi) is 4.05. The van der Waals surface area contributed by atoms with E-state index in [0.29, 0.717) is 6.61 Å². The summed E-state index contributed by atoms with van der Waals surface area (Å²) in [4.78, 5) is 0. The average Bonchev–Trinajstić information content (AvgIpc) is 2.21. The van der Waals surface area contributed by atoms with Gasteiger partial charge in [0.15, 0.2) is 11.5 Å². The Balaban J connectivity index is 2.92. The molecule has 0 unspecified atom stereocenters. The molecule has 0 aliphatic carbocycles. The minimum absolute atomic E-state index is 0.650. The third-order valence-electron chi connectivity index (χ3n) is 1.91. The first-order valence-corrected chi connectivity index (χ1v) is 4.72. The van der Waals surface area contributed by atoms with Crippen LogP contribution in [-0.2, 0) is 6.42 Å². The van der Waals surface area contributed by atoms with E-state index in [0.717, 1.165) is 17.9 Å². The molecule has 1 rings (SSSR count). The molecular weight excluding hydrogens is 176 g/mol. The van der Waals surface area contributed by atoms with E-state index < -0.39 is 0 Å². The minimum atomic E-state index is 0.650. The maximum absolute atomic E-state index is 5.41. The van der Waals surface area contributed by atoms with E-state index in [4.69, 9.17) is 9.47 Å². The second kappa shape index (κ2) is 5.32. The van der Waals surface area contributed by atoms with Gasteiger partial charge in [0.1, 0.15) is 0 Å². The number of methoxy groups -OCH3 is 1. The number of ether oxygens (including phenoxy) is 2. The molecule has 0 N–H and O–H groups in total. The lowest BCUT2D eigenvalue weighted by atomic mass is 10.1. The maximum atomic E-state index is 5.41. The smallest absolute Gasteiger partial charge is 0.161 e. The predicted molar refractivity (Wildman–Crippen MR) is 58.1 cm³/mol. The van der Waals surface area contributed by atoms with Crippen molar-refractivity contribution < 1.29 is 9.47 Å². The van der Waals surface area contributed by atoms with E-state index in [2.05, 4.69) is 6.58 Å². The van der Waals surface area contributed by atoms with E-state index in [9.17, 15) is 0 Å². The van der Waals surface area contributed by atoms with Gasteiger partial charge in [0.2, 0.25) is 0 Å². The van der Waals surface area contributed by atoms with Crippen LogP contribution in [0.25, 0.3) is 0 Å². The molecule has 0 saturated heterocycles. The molecule has 0 amide bonds. The van der Waals surface area contributed by atoms with Crippen molar-refractivity contribution in [2.24, 2.45) is 0 Å². The molecule has 2 nitrogen and oxygen atoms in total. The lowest BCUT2D eigenvalue weighted by Gasteiger charge is -2.10. The summed E-state index contributed by atoms with van der Waals surface area (Å²) in [6, 6.07) is 5.93. The van der Waals surface area contributed by atoms with Crippen molar-refractivity contribution in [3.8, 4) is 11.5 Å². The van der Waals surface area contributed by atoms with Crippen molar-refractivity contribution in [2.45, 2.75) is 13.3 Å². The second-order valence-corrected chi connectivity index (χ2v) is 2.91. The predicted octanol–water partition coefficient (Wildman–Crippen LogP) is 2.82. The lowest BCUT2D eigenvalue weighted by Crippen LogP contribution is -1.96. The Morgan fingerprint density at radius 3 is 2.71 bits per heavy atom. The Labute approximate surface area is 85.2 Å². The molecule has 0 aromatic heterocycles. The molecule has 2 heteroatoms. The van der Waals surface area contributed by atoms with Crippen LogP contribution in [0.2, 0.25) is 0 Å². The largest absolute Gasteiger partial charge is 0.493 e. The first-order chi connectivity index (χ1) is 6.81. The van der Waals surface area contributed by atoms with Crippen LogP contribution in [0.3, 0.4) is 0 Å². The van der Waals surface area contributed by atoms with Crippen molar-refractivity contribution in [3.63, 3.8) is 0 Å².